The second-order valence-electron chi connectivity index (χ2n) is 7.93. The molecule has 150 valence electrons. The molecule has 3 aromatic rings. The van der Waals surface area contributed by atoms with Crippen LogP contribution in [0.25, 0.3) is 22.4 Å². The van der Waals surface area contributed by atoms with Crippen LogP contribution in [0.2, 0.25) is 0 Å². The summed E-state index contributed by atoms with van der Waals surface area (Å²) in [4.78, 5) is 9.81. The summed E-state index contributed by atoms with van der Waals surface area (Å²) in [6.45, 7) is 6.98. The lowest BCUT2D eigenvalue weighted by atomic mass is 10.2. The van der Waals surface area contributed by atoms with Crippen molar-refractivity contribution >= 4 is 23.6 Å². The van der Waals surface area contributed by atoms with E-state index in [1.54, 1.807) is 5.30 Å². The van der Waals surface area contributed by atoms with E-state index in [0.29, 0.717) is 0 Å². The van der Waals surface area contributed by atoms with E-state index < -0.39 is 7.26 Å². The van der Waals surface area contributed by atoms with Gasteiger partial charge in [-0.1, -0.05) is 82.5 Å². The zero-order valence-corrected chi connectivity index (χ0v) is 18.7. The molecule has 0 aliphatic heterocycles. The van der Waals surface area contributed by atoms with Gasteiger partial charge in [-0.05, 0) is 42.2 Å². The highest BCUT2D eigenvalue weighted by atomic mass is 31.2. The number of fused-ring (bicyclic) bond motifs is 1. The normalized spacial score (nSPS) is 12.0. The van der Waals surface area contributed by atoms with Crippen LogP contribution in [0.4, 0.5) is 0 Å². The third-order valence-electron chi connectivity index (χ3n) is 5.81. The zero-order valence-electron chi connectivity index (χ0n) is 17.8. The first kappa shape index (κ1) is 21.1. The minimum atomic E-state index is -1.22. The lowest BCUT2D eigenvalue weighted by Gasteiger charge is -2.30. The molecule has 0 N–H and O–H groups in total. The van der Waals surface area contributed by atoms with Crippen molar-refractivity contribution in [2.75, 3.05) is 18.5 Å². The van der Waals surface area contributed by atoms with Gasteiger partial charge in [0.25, 0.3) is 0 Å². The van der Waals surface area contributed by atoms with Crippen molar-refractivity contribution in [2.24, 2.45) is 0 Å². The Hall–Kier alpha value is -1.66. The minimum absolute atomic E-state index is 0.922. The molecule has 3 heteroatoms. The molecule has 1 aromatic heterocycles. The number of hydrogen-bond donors (Lipinski definition) is 0. The van der Waals surface area contributed by atoms with Gasteiger partial charge in [0.1, 0.15) is 5.30 Å². The molecule has 2 aromatic carbocycles. The fourth-order valence-corrected chi connectivity index (χ4v) is 9.43. The van der Waals surface area contributed by atoms with Gasteiger partial charge in [-0.25, -0.2) is 0 Å². The molecular weight excluding hydrogens is 359 g/mol. The first-order chi connectivity index (χ1) is 13.7. The van der Waals surface area contributed by atoms with Crippen LogP contribution in [0.1, 0.15) is 59.3 Å². The van der Waals surface area contributed by atoms with Crippen LogP contribution in [-0.2, 0) is 0 Å². The molecule has 0 bridgehead atoms. The van der Waals surface area contributed by atoms with E-state index in [9.17, 15) is 0 Å². The number of unbranched alkanes of at least 4 members (excludes halogenated alkanes) is 3. The van der Waals surface area contributed by atoms with Crippen LogP contribution in [0.5, 0.6) is 0 Å². The maximum absolute atomic E-state index is 4.90. The average Bonchev–Trinajstić information content (AvgIpc) is 3.18. The van der Waals surface area contributed by atoms with Gasteiger partial charge in [-0.15, -0.1) is 0 Å². The summed E-state index contributed by atoms with van der Waals surface area (Å²) in [6, 6.07) is 17.3. The fourth-order valence-electron chi connectivity index (χ4n) is 4.18. The summed E-state index contributed by atoms with van der Waals surface area (Å²) in [5, 5.41) is 1.58. The molecule has 0 saturated heterocycles. The Bertz CT molecular complexity index is 813. The predicted molar refractivity (Wildman–Crippen MR) is 126 cm³/mol. The second-order valence-corrected chi connectivity index (χ2v) is 12.0. The Morgan fingerprint density at radius 2 is 1.32 bits per heavy atom. The quantitative estimate of drug-likeness (QED) is 0.331. The lowest BCUT2D eigenvalue weighted by molar-refractivity contribution is 0.841. The van der Waals surface area contributed by atoms with Crippen LogP contribution >= 0.6 is 7.26 Å². The molecule has 0 aliphatic carbocycles. The van der Waals surface area contributed by atoms with Gasteiger partial charge < -0.3 is 9.97 Å². The molecule has 0 spiro atoms. The van der Waals surface area contributed by atoms with Crippen molar-refractivity contribution in [3.8, 4) is 11.4 Å². The molecule has 0 amide bonds. The first-order valence-corrected chi connectivity index (χ1v) is 13.4. The maximum atomic E-state index is 4.90. The Kier molecular flexibility index (Phi) is 7.68. The molecular formula is C25H35N2P. The fraction of sp³-hybridized carbons (Fsp3) is 0.480. The highest BCUT2D eigenvalue weighted by molar-refractivity contribution is 7.83. The van der Waals surface area contributed by atoms with Gasteiger partial charge in [0.05, 0.1) is 18.5 Å². The summed E-state index contributed by atoms with van der Waals surface area (Å²) in [5.74, 6) is 0.922. The van der Waals surface area contributed by atoms with E-state index in [-0.39, 0.29) is 0 Å². The molecule has 3 rings (SSSR count). The van der Waals surface area contributed by atoms with Crippen molar-refractivity contribution in [3.05, 3.63) is 48.5 Å². The van der Waals surface area contributed by atoms with Crippen molar-refractivity contribution in [1.82, 2.24) is 9.97 Å². The lowest BCUT2D eigenvalue weighted by Crippen LogP contribution is -2.23. The zero-order chi connectivity index (χ0) is 19.8. The largest absolute Gasteiger partial charge is 0.435 e. The topological polar surface area (TPSA) is 27.0 Å². The first-order valence-electron chi connectivity index (χ1n) is 11.1. The van der Waals surface area contributed by atoms with Crippen molar-refractivity contribution in [2.45, 2.75) is 59.3 Å². The number of imidazole rings is 1. The van der Waals surface area contributed by atoms with E-state index in [2.05, 4.69) is 57.2 Å². The standard InChI is InChI=1S/C25H35N2P/c1-4-7-18-28(19-8-5-2,20-9-6-3)24-17-13-10-14-21(24)25-26-22-15-11-12-16-23(22)27-25/h10-17H,4-9,18-20H2,1-3H3. The van der Waals surface area contributed by atoms with E-state index in [0.717, 1.165) is 16.9 Å². The summed E-state index contributed by atoms with van der Waals surface area (Å²) in [5.41, 5.74) is 3.30. The third-order valence-corrected chi connectivity index (χ3v) is 10.7. The molecule has 0 fully saturated rings. The van der Waals surface area contributed by atoms with E-state index >= 15 is 0 Å². The van der Waals surface area contributed by atoms with Crippen LogP contribution < -0.4 is 10.3 Å². The molecule has 28 heavy (non-hydrogen) atoms. The number of rotatable bonds is 11. The summed E-state index contributed by atoms with van der Waals surface area (Å²) in [7, 11) is -1.22. The van der Waals surface area contributed by atoms with Gasteiger partial charge in [0, 0.05) is 12.8 Å². The van der Waals surface area contributed by atoms with Crippen molar-refractivity contribution in [3.63, 3.8) is 0 Å². The van der Waals surface area contributed by atoms with Gasteiger partial charge in [-0.2, -0.15) is 0 Å². The minimum Gasteiger partial charge on any atom is -0.435 e. The molecule has 0 radical (unpaired) electrons. The molecule has 1 heterocycles. The van der Waals surface area contributed by atoms with E-state index in [1.807, 2.05) is 12.1 Å². The molecule has 0 saturated carbocycles. The van der Waals surface area contributed by atoms with Gasteiger partial charge in [0.15, 0.2) is 0 Å². The average molecular weight is 395 g/mol. The monoisotopic (exact) mass is 394 g/mol. The van der Waals surface area contributed by atoms with Gasteiger partial charge >= 0.3 is 0 Å². The van der Waals surface area contributed by atoms with Crippen molar-refractivity contribution in [1.29, 1.82) is 0 Å². The van der Waals surface area contributed by atoms with Crippen LogP contribution in [-0.4, -0.2) is 23.5 Å². The van der Waals surface area contributed by atoms with Crippen LogP contribution in [0.3, 0.4) is 0 Å². The number of aromatic nitrogens is 2. The Labute approximate surface area is 171 Å². The third kappa shape index (κ3) is 4.66. The van der Waals surface area contributed by atoms with E-state index in [4.69, 9.17) is 9.97 Å². The maximum Gasteiger partial charge on any atom is 0.101 e. The number of benzene rings is 2. The Morgan fingerprint density at radius 3 is 1.93 bits per heavy atom. The number of para-hydroxylation sites is 2. The second kappa shape index (κ2) is 10.2. The summed E-state index contributed by atoms with van der Waals surface area (Å²) >= 11 is 0. The molecule has 0 atom stereocenters. The SMILES string of the molecule is CCCC[P+](CCCC)(CCCC)c1ccccc1-c1nc2ccccc2[n-]1. The van der Waals surface area contributed by atoms with Crippen LogP contribution in [0, 0.1) is 0 Å². The summed E-state index contributed by atoms with van der Waals surface area (Å²) in [6.07, 6.45) is 12.0. The number of hydrogen-bond acceptors (Lipinski definition) is 1. The number of nitrogens with zero attached hydrogens (tertiary/aromatic N) is 2. The molecule has 0 unspecified atom stereocenters. The highest BCUT2D eigenvalue weighted by Gasteiger charge is 2.39. The molecule has 0 aliphatic rings. The van der Waals surface area contributed by atoms with E-state index in [1.165, 1.54) is 62.6 Å². The molecule has 2 nitrogen and oxygen atoms in total. The summed E-state index contributed by atoms with van der Waals surface area (Å²) < 4.78 is 0. The smallest absolute Gasteiger partial charge is 0.101 e. The van der Waals surface area contributed by atoms with Gasteiger partial charge in [0.2, 0.25) is 0 Å². The highest BCUT2D eigenvalue weighted by Crippen LogP contribution is 2.60. The van der Waals surface area contributed by atoms with Crippen LogP contribution in [0.15, 0.2) is 48.5 Å². The predicted octanol–water partition coefficient (Wildman–Crippen LogP) is 6.90. The van der Waals surface area contributed by atoms with Crippen molar-refractivity contribution < 1.29 is 0 Å². The van der Waals surface area contributed by atoms with Gasteiger partial charge in [-0.3, -0.25) is 0 Å². The Morgan fingerprint density at radius 1 is 0.750 bits per heavy atom. The Balaban J connectivity index is 2.10.